The number of fused-ring (bicyclic) bond motifs is 1. The molecule has 2 aromatic rings. The second-order valence-corrected chi connectivity index (χ2v) is 11.2. The van der Waals surface area contributed by atoms with Crippen LogP contribution in [-0.4, -0.2) is 47.3 Å². The van der Waals surface area contributed by atoms with Crippen molar-refractivity contribution in [3.8, 4) is 0 Å². The first-order valence-corrected chi connectivity index (χ1v) is 12.7. The first-order chi connectivity index (χ1) is 16.8. The summed E-state index contributed by atoms with van der Waals surface area (Å²) < 4.78 is 31.9. The molecule has 7 nitrogen and oxygen atoms in total. The van der Waals surface area contributed by atoms with Crippen molar-refractivity contribution in [1.29, 1.82) is 0 Å². The van der Waals surface area contributed by atoms with E-state index in [0.717, 1.165) is 5.56 Å². The third kappa shape index (κ3) is 6.28. The van der Waals surface area contributed by atoms with Crippen LogP contribution in [-0.2, 0) is 16.1 Å². The largest absolute Gasteiger partial charge is 0.444 e. The average Bonchev–Trinajstić information content (AvgIpc) is 3.42. The van der Waals surface area contributed by atoms with E-state index in [9.17, 15) is 23.2 Å². The standard InChI is InChI=1S/C25H26ClF2N3O4S/c1-24(2,3)35-23(34)29-17-13-36-19-9-6-15(21(32)30-20-11-25(20,27)28)10-18(19)31(22(17)33)12-14-4-7-16(26)8-5-14/h4-10,17,20H,11-13H2,1-3H3,(H,29,34)(H,30,32)/t17-,20+/m0/s1. The number of nitrogens with one attached hydrogen (secondary N) is 2. The van der Waals surface area contributed by atoms with Crippen LogP contribution in [0.1, 0.15) is 43.1 Å². The Morgan fingerprint density at radius 1 is 1.17 bits per heavy atom. The molecule has 192 valence electrons. The van der Waals surface area contributed by atoms with E-state index in [1.807, 2.05) is 0 Å². The molecule has 0 aromatic heterocycles. The van der Waals surface area contributed by atoms with Crippen molar-refractivity contribution >= 4 is 47.0 Å². The molecule has 2 atom stereocenters. The fourth-order valence-corrected chi connectivity index (χ4v) is 4.82. The highest BCUT2D eigenvalue weighted by Gasteiger charge is 2.57. The number of halogens is 3. The third-order valence-electron chi connectivity index (χ3n) is 5.56. The molecule has 1 heterocycles. The van der Waals surface area contributed by atoms with E-state index in [-0.39, 0.29) is 17.9 Å². The molecule has 11 heteroatoms. The SMILES string of the molecule is CC(C)(C)OC(=O)N[C@H]1CSc2ccc(C(=O)N[C@@H]3CC3(F)F)cc2N(Cc2ccc(Cl)cc2)C1=O. The highest BCUT2D eigenvalue weighted by Crippen LogP contribution is 2.42. The van der Waals surface area contributed by atoms with Crippen molar-refractivity contribution in [1.82, 2.24) is 10.6 Å². The minimum Gasteiger partial charge on any atom is -0.444 e. The zero-order valence-electron chi connectivity index (χ0n) is 19.9. The van der Waals surface area contributed by atoms with Gasteiger partial charge in [-0.25, -0.2) is 13.6 Å². The molecule has 0 spiro atoms. The number of benzene rings is 2. The number of nitrogens with zero attached hydrogens (tertiary/aromatic N) is 1. The van der Waals surface area contributed by atoms with Gasteiger partial charge in [-0.2, -0.15) is 0 Å². The van der Waals surface area contributed by atoms with Crippen LogP contribution in [0.5, 0.6) is 0 Å². The summed E-state index contributed by atoms with van der Waals surface area (Å²) >= 11 is 7.34. The molecule has 1 saturated carbocycles. The van der Waals surface area contributed by atoms with Gasteiger partial charge in [0.1, 0.15) is 11.6 Å². The number of anilines is 1. The minimum atomic E-state index is -2.89. The summed E-state index contributed by atoms with van der Waals surface area (Å²) in [7, 11) is 0. The number of hydrogen-bond acceptors (Lipinski definition) is 5. The molecule has 1 aliphatic carbocycles. The summed E-state index contributed by atoms with van der Waals surface area (Å²) in [4.78, 5) is 40.9. The molecule has 0 saturated heterocycles. The molecule has 0 bridgehead atoms. The van der Waals surface area contributed by atoms with Crippen molar-refractivity contribution in [2.24, 2.45) is 0 Å². The summed E-state index contributed by atoms with van der Waals surface area (Å²) in [5, 5.41) is 5.52. The lowest BCUT2D eigenvalue weighted by molar-refractivity contribution is -0.120. The zero-order valence-corrected chi connectivity index (χ0v) is 21.5. The van der Waals surface area contributed by atoms with Gasteiger partial charge in [-0.15, -0.1) is 11.8 Å². The Morgan fingerprint density at radius 3 is 2.44 bits per heavy atom. The van der Waals surface area contributed by atoms with Gasteiger partial charge in [-0.3, -0.25) is 9.59 Å². The predicted octanol–water partition coefficient (Wildman–Crippen LogP) is 5.01. The topological polar surface area (TPSA) is 87.7 Å². The van der Waals surface area contributed by atoms with Crippen LogP contribution < -0.4 is 15.5 Å². The number of thioether (sulfide) groups is 1. The summed E-state index contributed by atoms with van der Waals surface area (Å²) in [6, 6.07) is 9.59. The summed E-state index contributed by atoms with van der Waals surface area (Å²) in [6.45, 7) is 5.32. The van der Waals surface area contributed by atoms with Crippen LogP contribution in [0.15, 0.2) is 47.4 Å². The quantitative estimate of drug-likeness (QED) is 0.560. The molecule has 2 aliphatic rings. The number of rotatable bonds is 5. The van der Waals surface area contributed by atoms with Crippen LogP contribution in [0, 0.1) is 0 Å². The van der Waals surface area contributed by atoms with E-state index >= 15 is 0 Å². The lowest BCUT2D eigenvalue weighted by Gasteiger charge is -2.27. The van der Waals surface area contributed by atoms with Gasteiger partial charge in [-0.1, -0.05) is 23.7 Å². The van der Waals surface area contributed by atoms with Crippen LogP contribution in [0.4, 0.5) is 19.3 Å². The fourth-order valence-electron chi connectivity index (χ4n) is 3.64. The zero-order chi connectivity index (χ0) is 26.3. The normalized spacial score (nSPS) is 20.7. The van der Waals surface area contributed by atoms with Gasteiger partial charge >= 0.3 is 6.09 Å². The minimum absolute atomic E-state index is 0.141. The molecule has 1 fully saturated rings. The molecule has 1 aliphatic heterocycles. The molecule has 0 radical (unpaired) electrons. The summed E-state index contributed by atoms with van der Waals surface area (Å²) in [5.41, 5.74) is 0.639. The molecule has 4 rings (SSSR count). The van der Waals surface area contributed by atoms with Crippen LogP contribution >= 0.6 is 23.4 Å². The van der Waals surface area contributed by atoms with Gasteiger partial charge in [0.15, 0.2) is 0 Å². The van der Waals surface area contributed by atoms with Crippen molar-refractivity contribution in [2.45, 2.75) is 62.2 Å². The second kappa shape index (κ2) is 9.89. The molecule has 3 amide bonds. The van der Waals surface area contributed by atoms with E-state index in [1.54, 1.807) is 51.1 Å². The van der Waals surface area contributed by atoms with Crippen molar-refractivity contribution in [3.63, 3.8) is 0 Å². The Labute approximate surface area is 216 Å². The number of alkyl halides is 2. The van der Waals surface area contributed by atoms with Crippen molar-refractivity contribution < 1.29 is 27.9 Å². The third-order valence-corrected chi connectivity index (χ3v) is 6.97. The highest BCUT2D eigenvalue weighted by atomic mass is 35.5. The first-order valence-electron chi connectivity index (χ1n) is 11.3. The van der Waals surface area contributed by atoms with Crippen molar-refractivity contribution in [3.05, 3.63) is 58.6 Å². The number of alkyl carbamates (subject to hydrolysis) is 1. The maximum Gasteiger partial charge on any atom is 0.408 e. The number of hydrogen-bond donors (Lipinski definition) is 2. The number of carbonyl (C=O) groups is 3. The highest BCUT2D eigenvalue weighted by molar-refractivity contribution is 7.99. The van der Waals surface area contributed by atoms with Gasteiger partial charge in [0, 0.05) is 27.7 Å². The maximum atomic E-state index is 13.7. The van der Waals surface area contributed by atoms with Crippen LogP contribution in [0.3, 0.4) is 0 Å². The van der Waals surface area contributed by atoms with Crippen LogP contribution in [0.25, 0.3) is 0 Å². The van der Waals surface area contributed by atoms with E-state index in [1.165, 1.54) is 28.8 Å². The number of ether oxygens (including phenoxy) is 1. The molecule has 2 N–H and O–H groups in total. The van der Waals surface area contributed by atoms with E-state index < -0.39 is 47.9 Å². The summed E-state index contributed by atoms with van der Waals surface area (Å²) in [5.74, 6) is -3.69. The summed E-state index contributed by atoms with van der Waals surface area (Å²) in [6.07, 6.45) is -1.11. The van der Waals surface area contributed by atoms with Gasteiger partial charge in [0.25, 0.3) is 17.7 Å². The van der Waals surface area contributed by atoms with Gasteiger partial charge in [-0.05, 0) is 56.7 Å². The van der Waals surface area contributed by atoms with E-state index in [2.05, 4.69) is 10.6 Å². The number of carbonyl (C=O) groups excluding carboxylic acids is 3. The van der Waals surface area contributed by atoms with E-state index in [4.69, 9.17) is 16.3 Å². The van der Waals surface area contributed by atoms with Crippen LogP contribution in [0.2, 0.25) is 5.02 Å². The monoisotopic (exact) mass is 537 g/mol. The molecule has 0 unspecified atom stereocenters. The van der Waals surface area contributed by atoms with Gasteiger partial charge in [0.05, 0.1) is 18.3 Å². The van der Waals surface area contributed by atoms with Gasteiger partial charge in [0.2, 0.25) is 0 Å². The molecule has 36 heavy (non-hydrogen) atoms. The first kappa shape index (κ1) is 26.2. The molecule has 2 aromatic carbocycles. The lowest BCUT2D eigenvalue weighted by atomic mass is 10.1. The Kier molecular flexibility index (Phi) is 7.21. The second-order valence-electron chi connectivity index (χ2n) is 9.73. The van der Waals surface area contributed by atoms with Crippen molar-refractivity contribution in [2.75, 3.05) is 10.7 Å². The van der Waals surface area contributed by atoms with Gasteiger partial charge < -0.3 is 20.3 Å². The smallest absolute Gasteiger partial charge is 0.408 e. The predicted molar refractivity (Wildman–Crippen MR) is 134 cm³/mol. The molecular weight excluding hydrogens is 512 g/mol. The Morgan fingerprint density at radius 2 is 1.83 bits per heavy atom. The Hall–Kier alpha value is -2.85. The lowest BCUT2D eigenvalue weighted by Crippen LogP contribution is -2.50. The molecular formula is C25H26ClF2N3O4S. The fraction of sp³-hybridized carbons (Fsp3) is 0.400. The maximum absolute atomic E-state index is 13.7. The van der Waals surface area contributed by atoms with E-state index in [0.29, 0.717) is 15.6 Å². The Balaban J connectivity index is 1.63. The number of amides is 3. The average molecular weight is 538 g/mol. The Bertz CT molecular complexity index is 1190.